The molecule has 0 atom stereocenters. The molecule has 2 aromatic rings. The van der Waals surface area contributed by atoms with Crippen molar-refractivity contribution in [2.24, 2.45) is 10.2 Å². The van der Waals surface area contributed by atoms with E-state index < -0.39 is 0 Å². The van der Waals surface area contributed by atoms with Crippen LogP contribution in [0.15, 0.2) is 70.9 Å². The Morgan fingerprint density at radius 1 is 0.667 bits per heavy atom. The van der Waals surface area contributed by atoms with Crippen LogP contribution in [0.3, 0.4) is 0 Å². The van der Waals surface area contributed by atoms with Crippen LogP contribution in [0, 0.1) is 0 Å². The quantitative estimate of drug-likeness (QED) is 0.655. The van der Waals surface area contributed by atoms with Gasteiger partial charge in [-0.05, 0) is 38.1 Å². The van der Waals surface area contributed by atoms with Gasteiger partial charge in [-0.3, -0.25) is 9.59 Å². The summed E-state index contributed by atoms with van der Waals surface area (Å²) in [6.45, 7) is 3.39. The number of rotatable bonds is 5. The predicted molar refractivity (Wildman–Crippen MR) is 94.0 cm³/mol. The molecule has 0 aliphatic heterocycles. The Morgan fingerprint density at radius 3 is 1.33 bits per heavy atom. The summed E-state index contributed by atoms with van der Waals surface area (Å²) in [4.78, 5) is 23.8. The van der Waals surface area contributed by atoms with Crippen LogP contribution in [0.5, 0.6) is 0 Å². The van der Waals surface area contributed by atoms with E-state index in [4.69, 9.17) is 0 Å². The third-order valence-corrected chi connectivity index (χ3v) is 3.25. The molecule has 0 saturated heterocycles. The van der Waals surface area contributed by atoms with Gasteiger partial charge in [0.05, 0.1) is 11.4 Å². The van der Waals surface area contributed by atoms with Crippen molar-refractivity contribution >= 4 is 23.2 Å². The van der Waals surface area contributed by atoms with Crippen LogP contribution in [-0.2, 0) is 0 Å². The Hall–Kier alpha value is -3.28. The smallest absolute Gasteiger partial charge is 0.267 e. The van der Waals surface area contributed by atoms with Crippen LogP contribution in [0.4, 0.5) is 0 Å². The summed E-state index contributed by atoms with van der Waals surface area (Å²) >= 11 is 0. The van der Waals surface area contributed by atoms with Crippen LogP contribution in [-0.4, -0.2) is 23.2 Å². The first kappa shape index (κ1) is 17.1. The third-order valence-electron chi connectivity index (χ3n) is 3.25. The highest BCUT2D eigenvalue weighted by Crippen LogP contribution is 1.99. The first-order valence-corrected chi connectivity index (χ1v) is 7.37. The number of nitrogens with one attached hydrogen (secondary N) is 2. The van der Waals surface area contributed by atoms with E-state index in [0.717, 1.165) is 0 Å². The monoisotopic (exact) mass is 322 g/mol. The van der Waals surface area contributed by atoms with Gasteiger partial charge in [-0.1, -0.05) is 36.4 Å². The molecule has 0 heterocycles. The summed E-state index contributed by atoms with van der Waals surface area (Å²) < 4.78 is 0. The normalized spacial score (nSPS) is 11.8. The average molecular weight is 322 g/mol. The van der Waals surface area contributed by atoms with Gasteiger partial charge in [-0.15, -0.1) is 0 Å². The van der Waals surface area contributed by atoms with Crippen LogP contribution in [0.1, 0.15) is 34.6 Å². The minimum Gasteiger partial charge on any atom is -0.267 e. The van der Waals surface area contributed by atoms with E-state index in [1.807, 2.05) is 12.1 Å². The molecule has 122 valence electrons. The largest absolute Gasteiger partial charge is 0.271 e. The van der Waals surface area contributed by atoms with E-state index in [-0.39, 0.29) is 11.8 Å². The van der Waals surface area contributed by atoms with Gasteiger partial charge in [0, 0.05) is 11.1 Å². The fraction of sp³-hybridized carbons (Fsp3) is 0.111. The number of hydrogen-bond donors (Lipinski definition) is 2. The lowest BCUT2D eigenvalue weighted by Crippen LogP contribution is -2.24. The molecule has 2 N–H and O–H groups in total. The van der Waals surface area contributed by atoms with Gasteiger partial charge in [0.1, 0.15) is 0 Å². The fourth-order valence-electron chi connectivity index (χ4n) is 1.74. The summed E-state index contributed by atoms with van der Waals surface area (Å²) in [5.74, 6) is -0.618. The lowest BCUT2D eigenvalue weighted by molar-refractivity contribution is 0.0946. The second-order valence-electron chi connectivity index (χ2n) is 5.01. The van der Waals surface area contributed by atoms with Gasteiger partial charge < -0.3 is 0 Å². The number of carbonyl (C=O) groups is 2. The molecule has 2 amide bonds. The second kappa shape index (κ2) is 8.38. The summed E-state index contributed by atoms with van der Waals surface area (Å²) in [5.41, 5.74) is 6.92. The molecule has 0 unspecified atom stereocenters. The zero-order valence-corrected chi connectivity index (χ0v) is 13.5. The molecule has 0 aliphatic rings. The van der Waals surface area contributed by atoms with Crippen molar-refractivity contribution in [3.63, 3.8) is 0 Å². The molecule has 24 heavy (non-hydrogen) atoms. The highest BCUT2D eigenvalue weighted by Gasteiger charge is 2.06. The van der Waals surface area contributed by atoms with Crippen molar-refractivity contribution in [2.45, 2.75) is 13.8 Å². The molecule has 0 saturated carbocycles. The van der Waals surface area contributed by atoms with E-state index in [1.165, 1.54) is 0 Å². The number of nitrogens with zero attached hydrogens (tertiary/aromatic N) is 2. The molecular weight excluding hydrogens is 304 g/mol. The molecule has 6 nitrogen and oxygen atoms in total. The molecule has 0 fully saturated rings. The zero-order chi connectivity index (χ0) is 17.4. The van der Waals surface area contributed by atoms with E-state index in [0.29, 0.717) is 22.6 Å². The molecule has 0 aliphatic carbocycles. The summed E-state index contributed by atoms with van der Waals surface area (Å²) in [6.07, 6.45) is 0. The summed E-state index contributed by atoms with van der Waals surface area (Å²) in [6, 6.07) is 17.5. The Morgan fingerprint density at radius 2 is 1.00 bits per heavy atom. The van der Waals surface area contributed by atoms with Crippen LogP contribution in [0.2, 0.25) is 0 Å². The number of hydrazone groups is 2. The molecule has 2 rings (SSSR count). The van der Waals surface area contributed by atoms with Crippen molar-refractivity contribution in [1.82, 2.24) is 10.9 Å². The predicted octanol–water partition coefficient (Wildman–Crippen LogP) is 2.60. The number of carbonyl (C=O) groups excluding carboxylic acids is 2. The maximum Gasteiger partial charge on any atom is 0.271 e. The van der Waals surface area contributed by atoms with E-state index in [1.54, 1.807) is 62.4 Å². The maximum atomic E-state index is 11.9. The fourth-order valence-corrected chi connectivity index (χ4v) is 1.74. The van der Waals surface area contributed by atoms with E-state index >= 15 is 0 Å². The number of benzene rings is 2. The van der Waals surface area contributed by atoms with Crippen molar-refractivity contribution in [3.05, 3.63) is 71.8 Å². The lowest BCUT2D eigenvalue weighted by atomic mass is 10.2. The Kier molecular flexibility index (Phi) is 5.96. The summed E-state index contributed by atoms with van der Waals surface area (Å²) in [7, 11) is 0. The van der Waals surface area contributed by atoms with Crippen molar-refractivity contribution < 1.29 is 9.59 Å². The average Bonchev–Trinajstić information content (AvgIpc) is 2.64. The standard InChI is InChI=1S/C18H18N4O2/c1-13(19-21-17(23)15-9-5-3-6-10-15)14(2)20-22-18(24)16-11-7-4-8-12-16/h3-12H,1-2H3,(H,21,23)(H,22,24)/b19-13+,20-14?. The Balaban J connectivity index is 1.94. The zero-order valence-electron chi connectivity index (χ0n) is 13.5. The van der Waals surface area contributed by atoms with Crippen molar-refractivity contribution in [1.29, 1.82) is 0 Å². The van der Waals surface area contributed by atoms with Gasteiger partial charge in [-0.25, -0.2) is 10.9 Å². The molecule has 6 heteroatoms. The molecule has 0 radical (unpaired) electrons. The maximum absolute atomic E-state index is 11.9. The summed E-state index contributed by atoms with van der Waals surface area (Å²) in [5, 5.41) is 7.97. The highest BCUT2D eigenvalue weighted by molar-refractivity contribution is 6.40. The number of hydrogen-bond acceptors (Lipinski definition) is 4. The minimum atomic E-state index is -0.309. The van der Waals surface area contributed by atoms with Gasteiger partial charge in [0.2, 0.25) is 0 Å². The van der Waals surface area contributed by atoms with E-state index in [2.05, 4.69) is 21.1 Å². The highest BCUT2D eigenvalue weighted by atomic mass is 16.2. The lowest BCUT2D eigenvalue weighted by Gasteiger charge is -2.04. The minimum absolute atomic E-state index is 0.309. The second-order valence-corrected chi connectivity index (χ2v) is 5.01. The third kappa shape index (κ3) is 4.88. The van der Waals surface area contributed by atoms with Crippen LogP contribution in [0.25, 0.3) is 0 Å². The van der Waals surface area contributed by atoms with Crippen molar-refractivity contribution in [2.75, 3.05) is 0 Å². The number of amides is 2. The topological polar surface area (TPSA) is 82.9 Å². The van der Waals surface area contributed by atoms with Crippen LogP contribution < -0.4 is 10.9 Å². The van der Waals surface area contributed by atoms with Gasteiger partial charge in [0.25, 0.3) is 11.8 Å². The SMILES string of the molecule is CC(=NNC(=O)c1ccccc1)/C(C)=N/NC(=O)c1ccccc1. The molecule has 0 aromatic heterocycles. The Labute approximate surface area is 140 Å². The van der Waals surface area contributed by atoms with Crippen molar-refractivity contribution in [3.8, 4) is 0 Å². The molecule has 0 bridgehead atoms. The molecule has 0 spiro atoms. The van der Waals surface area contributed by atoms with Crippen LogP contribution >= 0.6 is 0 Å². The molecular formula is C18H18N4O2. The van der Waals surface area contributed by atoms with Gasteiger partial charge in [-0.2, -0.15) is 10.2 Å². The first-order valence-electron chi connectivity index (χ1n) is 7.37. The van der Waals surface area contributed by atoms with E-state index in [9.17, 15) is 9.59 Å². The van der Waals surface area contributed by atoms with Gasteiger partial charge in [0.15, 0.2) is 0 Å². The Bertz CT molecular complexity index is 701. The first-order chi connectivity index (χ1) is 11.6. The molecule has 2 aromatic carbocycles. The van der Waals surface area contributed by atoms with Gasteiger partial charge >= 0.3 is 0 Å².